The van der Waals surface area contributed by atoms with Gasteiger partial charge in [0.1, 0.15) is 0 Å². The predicted octanol–water partition coefficient (Wildman–Crippen LogP) is 24.9. The van der Waals surface area contributed by atoms with Crippen molar-refractivity contribution >= 4 is 43.1 Å². The summed E-state index contributed by atoms with van der Waals surface area (Å²) in [6.45, 7) is 14.5. The molecule has 0 saturated heterocycles. The number of rotatable bonds is 7. The van der Waals surface area contributed by atoms with E-state index in [0.29, 0.717) is 0 Å². The minimum atomic E-state index is -0.253. The lowest BCUT2D eigenvalue weighted by Crippen LogP contribution is -2.15. The summed E-state index contributed by atoms with van der Waals surface area (Å²) in [5.41, 5.74) is 33.1. The molecule has 430 valence electrons. The molecular weight excluding hydrogens is 1090 g/mol. The number of fused-ring (bicyclic) bond motifs is 13. The van der Waals surface area contributed by atoms with E-state index in [4.69, 9.17) is 0 Å². The van der Waals surface area contributed by atoms with Crippen LogP contribution in [0, 0.1) is 0 Å². The van der Waals surface area contributed by atoms with Crippen LogP contribution < -0.4 is 0 Å². The van der Waals surface area contributed by atoms with Crippen LogP contribution in [0.5, 0.6) is 0 Å². The predicted molar refractivity (Wildman–Crippen MR) is 387 cm³/mol. The lowest BCUT2D eigenvalue weighted by atomic mass is 9.78. The maximum Gasteiger partial charge on any atom is 0.0159 e. The number of hydrogen-bond acceptors (Lipinski definition) is 0. The summed E-state index contributed by atoms with van der Waals surface area (Å²) < 4.78 is 0. The van der Waals surface area contributed by atoms with Crippen molar-refractivity contribution in [2.24, 2.45) is 0 Å². The molecule has 0 saturated carbocycles. The van der Waals surface area contributed by atoms with E-state index in [0.717, 1.165) is 0 Å². The molecule has 0 atom stereocenters. The van der Waals surface area contributed by atoms with Crippen molar-refractivity contribution in [3.63, 3.8) is 0 Å². The Hall–Kier alpha value is -10.7. The zero-order chi connectivity index (χ0) is 61.1. The fourth-order valence-corrected chi connectivity index (χ4v) is 16.8. The third kappa shape index (κ3) is 7.88. The fourth-order valence-electron chi connectivity index (χ4n) is 16.8. The molecule has 91 heavy (non-hydrogen) atoms. The monoisotopic (exact) mass is 1160 g/mol. The zero-order valence-corrected chi connectivity index (χ0v) is 52.2. The maximum atomic E-state index is 2.53. The first-order valence-electron chi connectivity index (χ1n) is 32.4. The molecule has 0 N–H and O–H groups in total. The van der Waals surface area contributed by atoms with E-state index < -0.39 is 0 Å². The van der Waals surface area contributed by atoms with Crippen LogP contribution in [-0.4, -0.2) is 0 Å². The third-order valence-electron chi connectivity index (χ3n) is 21.5. The molecule has 0 amide bonds. The Morgan fingerprint density at radius 2 is 0.396 bits per heavy atom. The first kappa shape index (κ1) is 53.4. The average molecular weight is 1160 g/mol. The molecule has 0 heteroatoms. The van der Waals surface area contributed by atoms with Gasteiger partial charge in [0.15, 0.2) is 0 Å². The van der Waals surface area contributed by atoms with Gasteiger partial charge in [0, 0.05) is 16.2 Å². The van der Waals surface area contributed by atoms with Gasteiger partial charge < -0.3 is 0 Å². The molecule has 0 spiro atoms. The van der Waals surface area contributed by atoms with Gasteiger partial charge in [-0.15, -0.1) is 0 Å². The SMILES string of the molecule is CC1(C)c2ccccc2-c2ccc(-c3c4ccccc4c(-c4ccc5c(c4)C(C)(C)c4cc(-c6ccc7c(c6)C(C)(C)c6cc(-c8c9ccccc9c(-c9ccccc9)c9cc(-c%10ccccc%10)ccc89)ccc6-7)ccc4-5)c4ccc(-c5ccccc5)cc34)cc21. The van der Waals surface area contributed by atoms with Gasteiger partial charge in [0.25, 0.3) is 0 Å². The average Bonchev–Trinajstić information content (AvgIpc) is 1.75. The first-order chi connectivity index (χ1) is 44.4. The molecule has 0 radical (unpaired) electrons. The highest BCUT2D eigenvalue weighted by Gasteiger charge is 2.40. The van der Waals surface area contributed by atoms with Crippen LogP contribution in [0.25, 0.3) is 154 Å². The van der Waals surface area contributed by atoms with E-state index in [1.807, 2.05) is 0 Å². The van der Waals surface area contributed by atoms with Crippen molar-refractivity contribution in [2.75, 3.05) is 0 Å². The van der Waals surface area contributed by atoms with Crippen LogP contribution in [-0.2, 0) is 16.2 Å². The van der Waals surface area contributed by atoms with Crippen molar-refractivity contribution in [1.82, 2.24) is 0 Å². The molecule has 18 rings (SSSR count). The van der Waals surface area contributed by atoms with E-state index in [1.165, 1.54) is 188 Å². The molecule has 0 heterocycles. The van der Waals surface area contributed by atoms with Gasteiger partial charge in [-0.2, -0.15) is 0 Å². The molecule has 0 aromatic heterocycles. The molecule has 15 aromatic carbocycles. The van der Waals surface area contributed by atoms with Gasteiger partial charge in [0.05, 0.1) is 0 Å². The smallest absolute Gasteiger partial charge is 0.0159 e. The summed E-state index contributed by atoms with van der Waals surface area (Å²) >= 11 is 0. The summed E-state index contributed by atoms with van der Waals surface area (Å²) in [4.78, 5) is 0. The summed E-state index contributed by atoms with van der Waals surface area (Å²) in [5, 5.41) is 10.1. The summed E-state index contributed by atoms with van der Waals surface area (Å²) in [5.74, 6) is 0. The van der Waals surface area contributed by atoms with Gasteiger partial charge >= 0.3 is 0 Å². The minimum Gasteiger partial charge on any atom is -0.0622 e. The largest absolute Gasteiger partial charge is 0.0622 e. The second-order valence-corrected chi connectivity index (χ2v) is 27.4. The van der Waals surface area contributed by atoms with Crippen molar-refractivity contribution in [3.05, 3.63) is 325 Å². The van der Waals surface area contributed by atoms with E-state index in [9.17, 15) is 0 Å². The van der Waals surface area contributed by atoms with Gasteiger partial charge in [0.2, 0.25) is 0 Å². The first-order valence-corrected chi connectivity index (χ1v) is 32.4. The number of hydrogen-bond donors (Lipinski definition) is 0. The molecule has 0 fully saturated rings. The topological polar surface area (TPSA) is 0 Å². The molecule has 3 aliphatic rings. The second kappa shape index (κ2) is 19.7. The summed E-state index contributed by atoms with van der Waals surface area (Å²) in [6.07, 6.45) is 0. The number of benzene rings is 15. The molecule has 0 unspecified atom stereocenters. The van der Waals surface area contributed by atoms with Gasteiger partial charge in [-0.1, -0.05) is 290 Å². The van der Waals surface area contributed by atoms with E-state index in [2.05, 4.69) is 333 Å². The van der Waals surface area contributed by atoms with Gasteiger partial charge in [-0.3, -0.25) is 0 Å². The van der Waals surface area contributed by atoms with Crippen molar-refractivity contribution in [3.8, 4) is 111 Å². The standard InChI is InChI=1S/C91H66/c1-89(2)79-33-21-20-28-65(79)66-43-40-64(54-82(66)89)88-74-32-19-18-31-73(74)87(76-47-37-59(49-78(76)88)56-24-12-8-13-25-56)63-39-45-70-68-42-35-61(51-81(68)91(5,6)84(70)53-63)60-34-41-67-69-44-38-62(52-83(69)90(3,4)80(67)50-60)86-72-30-17-16-29-71(72)85(57-26-14-9-15-27-57)77-48-58(36-46-75(77)86)55-22-10-7-11-23-55/h7-54H,1-6H3. The molecule has 15 aromatic rings. The molecular formula is C91H66. The summed E-state index contributed by atoms with van der Waals surface area (Å²) in [6, 6.07) is 111. The van der Waals surface area contributed by atoms with Crippen LogP contribution >= 0.6 is 0 Å². The Labute approximate surface area is 533 Å². The molecule has 0 aliphatic heterocycles. The Kier molecular flexibility index (Phi) is 11.5. The maximum absolute atomic E-state index is 2.53. The van der Waals surface area contributed by atoms with E-state index in [1.54, 1.807) is 0 Å². The van der Waals surface area contributed by atoms with E-state index in [-0.39, 0.29) is 16.2 Å². The van der Waals surface area contributed by atoms with Gasteiger partial charge in [-0.25, -0.2) is 0 Å². The Morgan fingerprint density at radius 3 is 0.780 bits per heavy atom. The van der Waals surface area contributed by atoms with Crippen molar-refractivity contribution in [2.45, 2.75) is 57.8 Å². The normalized spacial score (nSPS) is 14.3. The minimum absolute atomic E-state index is 0.116. The van der Waals surface area contributed by atoms with Crippen molar-refractivity contribution in [1.29, 1.82) is 0 Å². The second-order valence-electron chi connectivity index (χ2n) is 27.4. The van der Waals surface area contributed by atoms with Crippen LogP contribution in [0.1, 0.15) is 74.9 Å². The Balaban J connectivity index is 0.721. The van der Waals surface area contributed by atoms with E-state index >= 15 is 0 Å². The zero-order valence-electron chi connectivity index (χ0n) is 52.2. The van der Waals surface area contributed by atoms with Crippen LogP contribution in [0.3, 0.4) is 0 Å². The highest BCUT2D eigenvalue weighted by Crippen LogP contribution is 2.57. The lowest BCUT2D eigenvalue weighted by molar-refractivity contribution is 0.660. The fraction of sp³-hybridized carbons (Fsp3) is 0.0989. The third-order valence-corrected chi connectivity index (χ3v) is 21.5. The molecule has 3 aliphatic carbocycles. The Morgan fingerprint density at radius 1 is 0.154 bits per heavy atom. The summed E-state index contributed by atoms with van der Waals surface area (Å²) in [7, 11) is 0. The Bertz CT molecular complexity index is 5580. The van der Waals surface area contributed by atoms with Gasteiger partial charge in [-0.05, 0) is 230 Å². The van der Waals surface area contributed by atoms with Crippen LogP contribution in [0.15, 0.2) is 291 Å². The lowest BCUT2D eigenvalue weighted by Gasteiger charge is -2.25. The highest BCUT2D eigenvalue weighted by molar-refractivity contribution is 6.24. The van der Waals surface area contributed by atoms with Crippen LogP contribution in [0.2, 0.25) is 0 Å². The van der Waals surface area contributed by atoms with Crippen molar-refractivity contribution < 1.29 is 0 Å². The molecule has 0 nitrogen and oxygen atoms in total. The quantitative estimate of drug-likeness (QED) is 0.140. The van der Waals surface area contributed by atoms with Crippen LogP contribution in [0.4, 0.5) is 0 Å². The highest BCUT2D eigenvalue weighted by atomic mass is 14.4. The molecule has 0 bridgehead atoms.